The topological polar surface area (TPSA) is 72.4 Å². The highest BCUT2D eigenvalue weighted by atomic mass is 16.5. The summed E-state index contributed by atoms with van der Waals surface area (Å²) >= 11 is 0. The van der Waals surface area contributed by atoms with Crippen LogP contribution in [0.1, 0.15) is 66.4 Å². The first-order chi connectivity index (χ1) is 10.6. The Bertz CT molecular complexity index is 659. The van der Waals surface area contributed by atoms with E-state index in [0.717, 1.165) is 24.9 Å². The lowest BCUT2D eigenvalue weighted by Crippen LogP contribution is -2.39. The molecule has 3 heterocycles. The molecule has 22 heavy (non-hydrogen) atoms. The number of rotatable bonds is 3. The SMILES string of the molecule is Cc1ccoc1C(=O)N1CCC[C@H](c2noc(C(C)C)n2)C1. The molecule has 1 fully saturated rings. The molecule has 0 saturated carbocycles. The molecular formula is C16H21N3O3. The molecule has 0 aromatic carbocycles. The Kier molecular flexibility index (Phi) is 4.00. The predicted molar refractivity (Wildman–Crippen MR) is 79.7 cm³/mol. The molecule has 0 unspecified atom stereocenters. The Balaban J connectivity index is 1.73. The number of hydrogen-bond donors (Lipinski definition) is 0. The third kappa shape index (κ3) is 2.77. The Morgan fingerprint density at radius 2 is 2.27 bits per heavy atom. The second kappa shape index (κ2) is 5.94. The lowest BCUT2D eigenvalue weighted by atomic mass is 9.97. The van der Waals surface area contributed by atoms with Crippen LogP contribution in [-0.4, -0.2) is 34.0 Å². The standard InChI is InChI=1S/C16H21N3O3/c1-10(2)15-17-14(18-22-15)12-5-4-7-19(9-12)16(20)13-11(3)6-8-21-13/h6,8,10,12H,4-5,7,9H2,1-3H3/t12-/m0/s1. The highest BCUT2D eigenvalue weighted by Crippen LogP contribution is 2.27. The van der Waals surface area contributed by atoms with Crippen LogP contribution >= 0.6 is 0 Å². The van der Waals surface area contributed by atoms with Gasteiger partial charge in [0.15, 0.2) is 11.6 Å². The number of aryl methyl sites for hydroxylation is 1. The zero-order chi connectivity index (χ0) is 15.7. The van der Waals surface area contributed by atoms with Gasteiger partial charge < -0.3 is 13.8 Å². The molecule has 1 aliphatic rings. The number of hydrogen-bond acceptors (Lipinski definition) is 5. The van der Waals surface area contributed by atoms with E-state index in [1.54, 1.807) is 6.26 Å². The van der Waals surface area contributed by atoms with Crippen molar-refractivity contribution < 1.29 is 13.7 Å². The zero-order valence-electron chi connectivity index (χ0n) is 13.2. The Morgan fingerprint density at radius 3 is 2.91 bits per heavy atom. The van der Waals surface area contributed by atoms with Gasteiger partial charge >= 0.3 is 0 Å². The zero-order valence-corrected chi connectivity index (χ0v) is 13.2. The number of likely N-dealkylation sites (tertiary alicyclic amines) is 1. The number of piperidine rings is 1. The van der Waals surface area contributed by atoms with Crippen LogP contribution in [0.4, 0.5) is 0 Å². The van der Waals surface area contributed by atoms with Gasteiger partial charge in [0.2, 0.25) is 5.89 Å². The monoisotopic (exact) mass is 303 g/mol. The molecule has 0 aliphatic carbocycles. The summed E-state index contributed by atoms with van der Waals surface area (Å²) in [7, 11) is 0. The van der Waals surface area contributed by atoms with Crippen LogP contribution in [-0.2, 0) is 0 Å². The second-order valence-corrected chi connectivity index (χ2v) is 6.17. The van der Waals surface area contributed by atoms with Crippen molar-refractivity contribution in [1.82, 2.24) is 15.0 Å². The Labute approximate surface area is 129 Å². The molecule has 6 heteroatoms. The van der Waals surface area contributed by atoms with Crippen molar-refractivity contribution in [3.05, 3.63) is 35.4 Å². The average molecular weight is 303 g/mol. The summed E-state index contributed by atoms with van der Waals surface area (Å²) in [5.41, 5.74) is 0.869. The maximum atomic E-state index is 12.5. The van der Waals surface area contributed by atoms with Gasteiger partial charge in [0.25, 0.3) is 5.91 Å². The van der Waals surface area contributed by atoms with E-state index in [0.29, 0.717) is 24.0 Å². The minimum absolute atomic E-state index is 0.0558. The summed E-state index contributed by atoms with van der Waals surface area (Å²) in [6, 6.07) is 1.81. The Hall–Kier alpha value is -2.11. The summed E-state index contributed by atoms with van der Waals surface area (Å²) < 4.78 is 10.6. The number of nitrogens with zero attached hydrogens (tertiary/aromatic N) is 3. The maximum absolute atomic E-state index is 12.5. The highest BCUT2D eigenvalue weighted by molar-refractivity contribution is 5.92. The van der Waals surface area contributed by atoms with E-state index >= 15 is 0 Å². The molecule has 3 rings (SSSR count). The third-order valence-corrected chi connectivity index (χ3v) is 4.08. The van der Waals surface area contributed by atoms with Crippen LogP contribution in [0, 0.1) is 6.92 Å². The van der Waals surface area contributed by atoms with Crippen LogP contribution in [0.15, 0.2) is 21.3 Å². The normalized spacial score (nSPS) is 18.9. The van der Waals surface area contributed by atoms with Crippen LogP contribution in [0.25, 0.3) is 0 Å². The molecule has 0 N–H and O–H groups in total. The molecule has 0 spiro atoms. The average Bonchev–Trinajstić information content (AvgIpc) is 3.15. The van der Waals surface area contributed by atoms with Gasteiger partial charge in [-0.25, -0.2) is 0 Å². The molecule has 2 aromatic heterocycles. The first-order valence-electron chi connectivity index (χ1n) is 7.73. The fourth-order valence-electron chi connectivity index (χ4n) is 2.76. The van der Waals surface area contributed by atoms with E-state index in [1.165, 1.54) is 0 Å². The number of amides is 1. The van der Waals surface area contributed by atoms with Gasteiger partial charge in [-0.1, -0.05) is 19.0 Å². The summed E-state index contributed by atoms with van der Waals surface area (Å²) in [6.45, 7) is 7.27. The van der Waals surface area contributed by atoms with E-state index in [2.05, 4.69) is 10.1 Å². The quantitative estimate of drug-likeness (QED) is 0.871. The summed E-state index contributed by atoms with van der Waals surface area (Å²) in [5.74, 6) is 2.08. The van der Waals surface area contributed by atoms with Crippen molar-refractivity contribution >= 4 is 5.91 Å². The van der Waals surface area contributed by atoms with E-state index in [4.69, 9.17) is 8.94 Å². The molecule has 1 aliphatic heterocycles. The molecule has 118 valence electrons. The molecule has 1 amide bonds. The minimum atomic E-state index is -0.0558. The van der Waals surface area contributed by atoms with Crippen molar-refractivity contribution in [3.63, 3.8) is 0 Å². The lowest BCUT2D eigenvalue weighted by Gasteiger charge is -2.30. The number of aromatic nitrogens is 2. The number of carbonyl (C=O) groups excluding carboxylic acids is 1. The van der Waals surface area contributed by atoms with Crippen LogP contribution in [0.2, 0.25) is 0 Å². The highest BCUT2D eigenvalue weighted by Gasteiger charge is 2.30. The van der Waals surface area contributed by atoms with Gasteiger partial charge in [-0.05, 0) is 25.8 Å². The minimum Gasteiger partial charge on any atom is -0.459 e. The van der Waals surface area contributed by atoms with E-state index in [1.807, 2.05) is 31.7 Å². The molecule has 0 radical (unpaired) electrons. The molecular weight excluding hydrogens is 282 g/mol. The lowest BCUT2D eigenvalue weighted by molar-refractivity contribution is 0.0670. The van der Waals surface area contributed by atoms with Crippen molar-refractivity contribution in [2.75, 3.05) is 13.1 Å². The fraction of sp³-hybridized carbons (Fsp3) is 0.562. The van der Waals surface area contributed by atoms with Gasteiger partial charge in [0, 0.05) is 30.5 Å². The van der Waals surface area contributed by atoms with E-state index < -0.39 is 0 Å². The van der Waals surface area contributed by atoms with Gasteiger partial charge in [-0.2, -0.15) is 4.98 Å². The first-order valence-corrected chi connectivity index (χ1v) is 7.73. The number of carbonyl (C=O) groups is 1. The van der Waals surface area contributed by atoms with Gasteiger partial charge in [-0.3, -0.25) is 4.79 Å². The van der Waals surface area contributed by atoms with Crippen molar-refractivity contribution in [3.8, 4) is 0 Å². The fourth-order valence-corrected chi connectivity index (χ4v) is 2.76. The molecule has 6 nitrogen and oxygen atoms in total. The predicted octanol–water partition coefficient (Wildman–Crippen LogP) is 3.11. The van der Waals surface area contributed by atoms with E-state index in [-0.39, 0.29) is 17.7 Å². The number of furan rings is 1. The van der Waals surface area contributed by atoms with Gasteiger partial charge in [0.05, 0.1) is 6.26 Å². The van der Waals surface area contributed by atoms with Crippen molar-refractivity contribution in [1.29, 1.82) is 0 Å². The first kappa shape index (κ1) is 14.8. The van der Waals surface area contributed by atoms with Crippen molar-refractivity contribution in [2.24, 2.45) is 0 Å². The van der Waals surface area contributed by atoms with Crippen LogP contribution in [0.3, 0.4) is 0 Å². The smallest absolute Gasteiger partial charge is 0.289 e. The summed E-state index contributed by atoms with van der Waals surface area (Å²) in [6.07, 6.45) is 3.46. The van der Waals surface area contributed by atoms with Crippen molar-refractivity contribution in [2.45, 2.75) is 45.4 Å². The van der Waals surface area contributed by atoms with Gasteiger partial charge in [-0.15, -0.1) is 0 Å². The summed E-state index contributed by atoms with van der Waals surface area (Å²) in [4.78, 5) is 18.8. The molecule has 2 aromatic rings. The third-order valence-electron chi connectivity index (χ3n) is 4.08. The molecule has 1 atom stereocenters. The Morgan fingerprint density at radius 1 is 1.45 bits per heavy atom. The van der Waals surface area contributed by atoms with Crippen LogP contribution in [0.5, 0.6) is 0 Å². The van der Waals surface area contributed by atoms with Crippen LogP contribution < -0.4 is 0 Å². The largest absolute Gasteiger partial charge is 0.459 e. The second-order valence-electron chi connectivity index (χ2n) is 6.17. The molecule has 0 bridgehead atoms. The van der Waals surface area contributed by atoms with E-state index in [9.17, 15) is 4.79 Å². The van der Waals surface area contributed by atoms with Gasteiger partial charge in [0.1, 0.15) is 0 Å². The molecule has 1 saturated heterocycles. The summed E-state index contributed by atoms with van der Waals surface area (Å²) in [5, 5.41) is 4.09. The maximum Gasteiger partial charge on any atom is 0.289 e.